The summed E-state index contributed by atoms with van der Waals surface area (Å²) >= 11 is 0.709. The van der Waals surface area contributed by atoms with Gasteiger partial charge in [0.15, 0.2) is 11.7 Å². The molecule has 11 heteroatoms. The fraction of sp³-hybridized carbons (Fsp3) is 0.0833. The van der Waals surface area contributed by atoms with E-state index < -0.39 is 29.6 Å². The van der Waals surface area contributed by atoms with Gasteiger partial charge in [0.1, 0.15) is 16.5 Å². The molecular formula is C24H20FN5O4S. The Bertz CT molecular complexity index is 1340. The van der Waals surface area contributed by atoms with Crippen molar-refractivity contribution in [2.75, 3.05) is 10.6 Å². The van der Waals surface area contributed by atoms with E-state index in [1.54, 1.807) is 54.6 Å². The fourth-order valence-electron chi connectivity index (χ4n) is 3.42. The van der Waals surface area contributed by atoms with E-state index in [0.29, 0.717) is 22.8 Å². The first-order chi connectivity index (χ1) is 16.9. The van der Waals surface area contributed by atoms with Gasteiger partial charge in [0.2, 0.25) is 0 Å². The Kier molecular flexibility index (Phi) is 6.88. The topological polar surface area (TPSA) is 145 Å². The Hall–Kier alpha value is -4.51. The number of furan rings is 1. The lowest BCUT2D eigenvalue weighted by Crippen LogP contribution is -2.43. The van der Waals surface area contributed by atoms with E-state index in [1.165, 1.54) is 23.3 Å². The van der Waals surface area contributed by atoms with Crippen molar-refractivity contribution in [3.63, 3.8) is 0 Å². The molecule has 2 aromatic heterocycles. The number of halogens is 1. The average molecular weight is 494 g/mol. The second kappa shape index (κ2) is 10.2. The van der Waals surface area contributed by atoms with E-state index >= 15 is 0 Å². The summed E-state index contributed by atoms with van der Waals surface area (Å²) in [4.78, 5) is 40.0. The van der Waals surface area contributed by atoms with Gasteiger partial charge in [-0.15, -0.1) is 0 Å². The number of carbonyl (C=O) groups excluding carboxylic acids is 3. The summed E-state index contributed by atoms with van der Waals surface area (Å²) in [6, 6.07) is 16.0. The lowest BCUT2D eigenvalue weighted by molar-refractivity contribution is -0.123. The highest BCUT2D eigenvalue weighted by Gasteiger charge is 2.37. The van der Waals surface area contributed by atoms with E-state index in [1.807, 2.05) is 0 Å². The third-order valence-corrected chi connectivity index (χ3v) is 5.96. The molecule has 0 spiro atoms. The molecule has 2 aromatic carbocycles. The van der Waals surface area contributed by atoms with Crippen LogP contribution in [0.1, 0.15) is 37.5 Å². The Morgan fingerprint density at radius 3 is 2.37 bits per heavy atom. The van der Waals surface area contributed by atoms with Crippen molar-refractivity contribution in [1.82, 2.24) is 9.69 Å². The number of nitrogen functional groups attached to an aromatic ring is 1. The summed E-state index contributed by atoms with van der Waals surface area (Å²) < 4.78 is 22.7. The first kappa shape index (κ1) is 23.6. The lowest BCUT2D eigenvalue weighted by atomic mass is 10.1. The molecule has 3 amide bonds. The van der Waals surface area contributed by atoms with Crippen LogP contribution in [-0.4, -0.2) is 22.1 Å². The molecule has 0 fully saturated rings. The standard InChI is InChI=1S/C24H20FN5O4S/c25-15-10-8-14(9-11-15)13-28-23(32)20(17-7-4-12-34-17)30(16-5-2-1-3-6-16)24(33)21-18(26)19(22(27)31)29-35-21/h1-12,20H,13,26H2,(H2,27,31)(H,28,32)/t20-/m1/s1. The van der Waals surface area contributed by atoms with Gasteiger partial charge >= 0.3 is 0 Å². The molecule has 0 aliphatic carbocycles. The molecule has 0 unspecified atom stereocenters. The molecule has 0 radical (unpaired) electrons. The summed E-state index contributed by atoms with van der Waals surface area (Å²) in [5.41, 5.74) is 12.0. The summed E-state index contributed by atoms with van der Waals surface area (Å²) in [7, 11) is 0. The SMILES string of the molecule is NC(=O)c1nsc(C(=O)N(c2ccccc2)[C@@H](C(=O)NCc2ccc(F)cc2)c2ccco2)c1N. The molecule has 4 aromatic rings. The second-order valence-corrected chi connectivity index (χ2v) is 8.18. The van der Waals surface area contributed by atoms with E-state index in [4.69, 9.17) is 15.9 Å². The van der Waals surface area contributed by atoms with Gasteiger partial charge in [0.25, 0.3) is 17.7 Å². The minimum Gasteiger partial charge on any atom is -0.467 e. The van der Waals surface area contributed by atoms with Gasteiger partial charge < -0.3 is 21.2 Å². The van der Waals surface area contributed by atoms with Crippen LogP contribution < -0.4 is 21.7 Å². The minimum absolute atomic E-state index is 0.0504. The summed E-state index contributed by atoms with van der Waals surface area (Å²) in [6.45, 7) is 0.0850. The number of amides is 3. The van der Waals surface area contributed by atoms with Crippen molar-refractivity contribution >= 4 is 40.6 Å². The third-order valence-electron chi connectivity index (χ3n) is 5.11. The highest BCUT2D eigenvalue weighted by molar-refractivity contribution is 7.09. The number of nitrogens with two attached hydrogens (primary N) is 2. The largest absolute Gasteiger partial charge is 0.467 e. The van der Waals surface area contributed by atoms with Gasteiger partial charge in [-0.3, -0.25) is 19.3 Å². The molecule has 0 aliphatic rings. The molecule has 0 saturated carbocycles. The number of carbonyl (C=O) groups is 3. The van der Waals surface area contributed by atoms with Crippen molar-refractivity contribution in [2.45, 2.75) is 12.6 Å². The molecule has 178 valence electrons. The zero-order chi connectivity index (χ0) is 24.9. The summed E-state index contributed by atoms with van der Waals surface area (Å²) in [5.74, 6) is -2.30. The quantitative estimate of drug-likeness (QED) is 0.344. The van der Waals surface area contributed by atoms with E-state index in [0.717, 1.165) is 0 Å². The van der Waals surface area contributed by atoms with Gasteiger partial charge in [-0.1, -0.05) is 30.3 Å². The van der Waals surface area contributed by atoms with Crippen molar-refractivity contribution in [1.29, 1.82) is 0 Å². The Balaban J connectivity index is 1.74. The van der Waals surface area contributed by atoms with E-state index in [-0.39, 0.29) is 28.6 Å². The van der Waals surface area contributed by atoms with Crippen molar-refractivity contribution < 1.29 is 23.2 Å². The van der Waals surface area contributed by atoms with Gasteiger partial charge in [-0.25, -0.2) is 4.39 Å². The molecule has 0 saturated heterocycles. The number of benzene rings is 2. The van der Waals surface area contributed by atoms with Crippen LogP contribution in [0.2, 0.25) is 0 Å². The maximum Gasteiger partial charge on any atom is 0.273 e. The number of hydrogen-bond donors (Lipinski definition) is 3. The maximum atomic E-state index is 13.8. The normalized spacial score (nSPS) is 11.6. The monoisotopic (exact) mass is 493 g/mol. The molecule has 0 aliphatic heterocycles. The fourth-order valence-corrected chi connectivity index (χ4v) is 4.16. The van der Waals surface area contributed by atoms with Crippen molar-refractivity contribution in [3.8, 4) is 0 Å². The predicted octanol–water partition coefficient (Wildman–Crippen LogP) is 3.26. The van der Waals surface area contributed by atoms with Crippen LogP contribution in [0.15, 0.2) is 77.4 Å². The first-order valence-corrected chi connectivity index (χ1v) is 11.1. The van der Waals surface area contributed by atoms with E-state index in [2.05, 4.69) is 9.69 Å². The number of primary amides is 1. The number of rotatable bonds is 8. The Morgan fingerprint density at radius 2 is 1.77 bits per heavy atom. The minimum atomic E-state index is -1.24. The summed E-state index contributed by atoms with van der Waals surface area (Å²) in [5, 5.41) is 2.77. The zero-order valence-corrected chi connectivity index (χ0v) is 19.0. The van der Waals surface area contributed by atoms with Crippen molar-refractivity contribution in [3.05, 3.63) is 101 Å². The molecule has 0 bridgehead atoms. The van der Waals surface area contributed by atoms with Crippen LogP contribution in [0.5, 0.6) is 0 Å². The van der Waals surface area contributed by atoms with Gasteiger partial charge in [-0.2, -0.15) is 4.37 Å². The second-order valence-electron chi connectivity index (χ2n) is 7.41. The van der Waals surface area contributed by atoms with Crippen LogP contribution in [-0.2, 0) is 11.3 Å². The van der Waals surface area contributed by atoms with Crippen LogP contribution in [0.25, 0.3) is 0 Å². The Labute approximate surface area is 203 Å². The maximum absolute atomic E-state index is 13.8. The van der Waals surface area contributed by atoms with Crippen LogP contribution >= 0.6 is 11.5 Å². The molecule has 2 heterocycles. The number of para-hydroxylation sites is 1. The number of nitrogens with zero attached hydrogens (tertiary/aromatic N) is 2. The predicted molar refractivity (Wildman–Crippen MR) is 128 cm³/mol. The Morgan fingerprint density at radius 1 is 1.06 bits per heavy atom. The van der Waals surface area contributed by atoms with Gasteiger partial charge in [-0.05, 0) is 53.5 Å². The molecule has 1 atom stereocenters. The first-order valence-electron chi connectivity index (χ1n) is 10.4. The van der Waals surface area contributed by atoms with Gasteiger partial charge in [0.05, 0.1) is 12.0 Å². The number of nitrogens with one attached hydrogen (secondary N) is 1. The van der Waals surface area contributed by atoms with Crippen LogP contribution in [0.4, 0.5) is 15.8 Å². The van der Waals surface area contributed by atoms with Crippen LogP contribution in [0.3, 0.4) is 0 Å². The molecule has 5 N–H and O–H groups in total. The molecule has 9 nitrogen and oxygen atoms in total. The number of anilines is 2. The third kappa shape index (κ3) is 5.04. The van der Waals surface area contributed by atoms with Crippen molar-refractivity contribution in [2.24, 2.45) is 5.73 Å². The van der Waals surface area contributed by atoms with Crippen LogP contribution in [0, 0.1) is 5.82 Å². The molecule has 35 heavy (non-hydrogen) atoms. The number of hydrogen-bond acceptors (Lipinski definition) is 7. The zero-order valence-electron chi connectivity index (χ0n) is 18.2. The average Bonchev–Trinajstić information content (AvgIpc) is 3.52. The smallest absolute Gasteiger partial charge is 0.273 e. The van der Waals surface area contributed by atoms with Gasteiger partial charge in [0, 0.05) is 12.2 Å². The lowest BCUT2D eigenvalue weighted by Gasteiger charge is -2.29. The molecular weight excluding hydrogens is 473 g/mol. The molecule has 4 rings (SSSR count). The summed E-state index contributed by atoms with van der Waals surface area (Å²) in [6.07, 6.45) is 1.38. The highest BCUT2D eigenvalue weighted by Crippen LogP contribution is 2.33. The van der Waals surface area contributed by atoms with E-state index in [9.17, 15) is 18.8 Å². The highest BCUT2D eigenvalue weighted by atomic mass is 32.1. The number of aromatic nitrogens is 1.